The Morgan fingerprint density at radius 1 is 1.23 bits per heavy atom. The lowest BCUT2D eigenvalue weighted by Gasteiger charge is -2.12. The predicted molar refractivity (Wildman–Crippen MR) is 101 cm³/mol. The van der Waals surface area contributed by atoms with Gasteiger partial charge in [-0.3, -0.25) is 4.79 Å². The van der Waals surface area contributed by atoms with E-state index in [4.69, 9.17) is 4.74 Å². The van der Waals surface area contributed by atoms with Crippen LogP contribution in [0, 0.1) is 13.8 Å². The molecule has 0 unspecified atom stereocenters. The fourth-order valence-electron chi connectivity index (χ4n) is 2.85. The van der Waals surface area contributed by atoms with Gasteiger partial charge in [0.05, 0.1) is 12.8 Å². The second kappa shape index (κ2) is 7.84. The number of hydrogen-bond acceptors (Lipinski definition) is 4. The molecule has 0 saturated heterocycles. The van der Waals surface area contributed by atoms with Crippen molar-refractivity contribution < 1.29 is 14.6 Å². The van der Waals surface area contributed by atoms with Gasteiger partial charge in [-0.2, -0.15) is 5.10 Å². The molecular formula is C20H21N3O3. The Hall–Kier alpha value is -3.12. The standard InChI is InChI=1S/C20H21N3O3/c1-13-7-16(11-24)8-14(2)20(13)26-12-19(25)23-22-10-15-3-4-17-5-6-21-18(17)9-15/h3-10,21,24H,11-12H2,1-2H3,(H,23,25)/b22-10+. The second-order valence-electron chi connectivity index (χ2n) is 6.12. The molecule has 0 bridgehead atoms. The number of carbonyl (C=O) groups is 1. The molecule has 0 saturated carbocycles. The smallest absolute Gasteiger partial charge is 0.277 e. The van der Waals surface area contributed by atoms with Gasteiger partial charge < -0.3 is 14.8 Å². The number of carbonyl (C=O) groups excluding carboxylic acids is 1. The van der Waals surface area contributed by atoms with E-state index in [1.54, 1.807) is 6.21 Å². The van der Waals surface area contributed by atoms with Gasteiger partial charge in [-0.1, -0.05) is 24.3 Å². The highest BCUT2D eigenvalue weighted by molar-refractivity contribution is 5.89. The van der Waals surface area contributed by atoms with Crippen molar-refractivity contribution in [3.05, 3.63) is 64.8 Å². The van der Waals surface area contributed by atoms with Crippen LogP contribution in [-0.2, 0) is 11.4 Å². The molecule has 3 N–H and O–H groups in total. The van der Waals surface area contributed by atoms with E-state index in [0.29, 0.717) is 5.75 Å². The minimum atomic E-state index is -0.341. The van der Waals surface area contributed by atoms with Crippen molar-refractivity contribution in [2.45, 2.75) is 20.5 Å². The number of amides is 1. The summed E-state index contributed by atoms with van der Waals surface area (Å²) in [6, 6.07) is 11.5. The van der Waals surface area contributed by atoms with Crippen LogP contribution in [0.4, 0.5) is 0 Å². The Balaban J connectivity index is 1.56. The summed E-state index contributed by atoms with van der Waals surface area (Å²) >= 11 is 0. The van der Waals surface area contributed by atoms with E-state index in [-0.39, 0.29) is 19.1 Å². The summed E-state index contributed by atoms with van der Waals surface area (Å²) in [6.45, 7) is 3.61. The number of nitrogens with zero attached hydrogens (tertiary/aromatic N) is 1. The first-order valence-electron chi connectivity index (χ1n) is 8.29. The van der Waals surface area contributed by atoms with Crippen molar-refractivity contribution >= 4 is 23.0 Å². The van der Waals surface area contributed by atoms with Crippen molar-refractivity contribution in [3.8, 4) is 5.75 Å². The number of fused-ring (bicyclic) bond motifs is 1. The molecule has 2 aromatic carbocycles. The quantitative estimate of drug-likeness (QED) is 0.471. The molecule has 0 aliphatic rings. The van der Waals surface area contributed by atoms with Gasteiger partial charge in [0, 0.05) is 11.7 Å². The first-order chi connectivity index (χ1) is 12.6. The van der Waals surface area contributed by atoms with Gasteiger partial charge in [-0.05, 0) is 53.6 Å². The van der Waals surface area contributed by atoms with Crippen LogP contribution in [0.1, 0.15) is 22.3 Å². The van der Waals surface area contributed by atoms with E-state index in [1.165, 1.54) is 0 Å². The van der Waals surface area contributed by atoms with E-state index in [2.05, 4.69) is 15.5 Å². The van der Waals surface area contributed by atoms with E-state index < -0.39 is 0 Å². The van der Waals surface area contributed by atoms with Crippen molar-refractivity contribution in [2.75, 3.05) is 6.61 Å². The van der Waals surface area contributed by atoms with Crippen LogP contribution in [0.2, 0.25) is 0 Å². The van der Waals surface area contributed by atoms with Gasteiger partial charge in [0.2, 0.25) is 0 Å². The number of nitrogens with one attached hydrogen (secondary N) is 2. The zero-order valence-electron chi connectivity index (χ0n) is 14.7. The zero-order valence-corrected chi connectivity index (χ0v) is 14.7. The Bertz CT molecular complexity index is 937. The third-order valence-electron chi connectivity index (χ3n) is 4.03. The molecule has 0 spiro atoms. The number of aromatic nitrogens is 1. The number of aliphatic hydroxyl groups excluding tert-OH is 1. The van der Waals surface area contributed by atoms with Gasteiger partial charge in [0.1, 0.15) is 5.75 Å². The monoisotopic (exact) mass is 351 g/mol. The summed E-state index contributed by atoms with van der Waals surface area (Å²) in [6.07, 6.45) is 3.46. The van der Waals surface area contributed by atoms with Crippen molar-refractivity contribution in [1.82, 2.24) is 10.4 Å². The molecule has 3 aromatic rings. The fourth-order valence-corrected chi connectivity index (χ4v) is 2.85. The van der Waals surface area contributed by atoms with Crippen molar-refractivity contribution in [3.63, 3.8) is 0 Å². The number of H-pyrrole nitrogens is 1. The Labute approximate surface area is 151 Å². The van der Waals surface area contributed by atoms with Gasteiger partial charge in [-0.15, -0.1) is 0 Å². The molecule has 6 heteroatoms. The highest BCUT2D eigenvalue weighted by Gasteiger charge is 2.08. The van der Waals surface area contributed by atoms with Crippen LogP contribution < -0.4 is 10.2 Å². The van der Waals surface area contributed by atoms with E-state index in [9.17, 15) is 9.90 Å². The number of aliphatic hydroxyl groups is 1. The SMILES string of the molecule is Cc1cc(CO)cc(C)c1OCC(=O)N/N=C/c1ccc2cc[nH]c2c1. The van der Waals surface area contributed by atoms with Gasteiger partial charge in [0.25, 0.3) is 5.91 Å². The summed E-state index contributed by atoms with van der Waals surface area (Å²) in [4.78, 5) is 15.1. The number of aryl methyl sites for hydroxylation is 2. The van der Waals surface area contributed by atoms with E-state index in [1.807, 2.05) is 56.4 Å². The largest absolute Gasteiger partial charge is 0.483 e. The highest BCUT2D eigenvalue weighted by Crippen LogP contribution is 2.24. The van der Waals surface area contributed by atoms with Gasteiger partial charge >= 0.3 is 0 Å². The molecule has 3 rings (SSSR count). The van der Waals surface area contributed by atoms with Crippen molar-refractivity contribution in [2.24, 2.45) is 5.10 Å². The molecule has 0 fully saturated rings. The van der Waals surface area contributed by atoms with Crippen LogP contribution in [0.25, 0.3) is 10.9 Å². The number of rotatable bonds is 6. The first-order valence-corrected chi connectivity index (χ1v) is 8.29. The molecule has 0 radical (unpaired) electrons. The maximum atomic E-state index is 11.9. The lowest BCUT2D eigenvalue weighted by Crippen LogP contribution is -2.25. The molecule has 1 heterocycles. The van der Waals surface area contributed by atoms with Crippen LogP contribution >= 0.6 is 0 Å². The first kappa shape index (κ1) is 17.7. The lowest BCUT2D eigenvalue weighted by atomic mass is 10.1. The minimum absolute atomic E-state index is 0.0224. The van der Waals surface area contributed by atoms with Crippen molar-refractivity contribution in [1.29, 1.82) is 0 Å². The Morgan fingerprint density at radius 2 is 2.00 bits per heavy atom. The third-order valence-corrected chi connectivity index (χ3v) is 4.03. The third kappa shape index (κ3) is 4.10. The maximum absolute atomic E-state index is 11.9. The topological polar surface area (TPSA) is 86.7 Å². The molecular weight excluding hydrogens is 330 g/mol. The predicted octanol–water partition coefficient (Wildman–Crippen LogP) is 2.81. The Morgan fingerprint density at radius 3 is 2.73 bits per heavy atom. The molecule has 0 aliphatic carbocycles. The Kier molecular flexibility index (Phi) is 5.34. The summed E-state index contributed by atoms with van der Waals surface area (Å²) < 4.78 is 5.61. The summed E-state index contributed by atoms with van der Waals surface area (Å²) in [7, 11) is 0. The molecule has 134 valence electrons. The molecule has 6 nitrogen and oxygen atoms in total. The van der Waals surface area contributed by atoms with Crippen LogP contribution in [0.15, 0.2) is 47.7 Å². The van der Waals surface area contributed by atoms with Gasteiger partial charge in [-0.25, -0.2) is 5.43 Å². The second-order valence-corrected chi connectivity index (χ2v) is 6.12. The fraction of sp³-hybridized carbons (Fsp3) is 0.200. The average molecular weight is 351 g/mol. The van der Waals surface area contributed by atoms with Crippen LogP contribution in [0.3, 0.4) is 0 Å². The molecule has 0 atom stereocenters. The highest BCUT2D eigenvalue weighted by atomic mass is 16.5. The van der Waals surface area contributed by atoms with E-state index in [0.717, 1.165) is 33.2 Å². The van der Waals surface area contributed by atoms with Crippen LogP contribution in [-0.4, -0.2) is 28.8 Å². The molecule has 26 heavy (non-hydrogen) atoms. The summed E-state index contributed by atoms with van der Waals surface area (Å²) in [5, 5.41) is 14.3. The number of hydrazone groups is 1. The summed E-state index contributed by atoms with van der Waals surface area (Å²) in [5.41, 5.74) is 6.94. The number of aromatic amines is 1. The van der Waals surface area contributed by atoms with Crippen LogP contribution in [0.5, 0.6) is 5.75 Å². The number of hydrogen-bond donors (Lipinski definition) is 3. The minimum Gasteiger partial charge on any atom is -0.483 e. The van der Waals surface area contributed by atoms with E-state index >= 15 is 0 Å². The maximum Gasteiger partial charge on any atom is 0.277 e. The summed E-state index contributed by atoms with van der Waals surface area (Å²) in [5.74, 6) is 0.311. The average Bonchev–Trinajstić information content (AvgIpc) is 3.08. The lowest BCUT2D eigenvalue weighted by molar-refractivity contribution is -0.123. The number of benzene rings is 2. The molecule has 1 aromatic heterocycles. The molecule has 1 amide bonds. The van der Waals surface area contributed by atoms with Gasteiger partial charge in [0.15, 0.2) is 6.61 Å². The number of ether oxygens (including phenoxy) is 1. The molecule has 0 aliphatic heterocycles. The normalized spacial score (nSPS) is 11.2. The zero-order chi connectivity index (χ0) is 18.5.